The van der Waals surface area contributed by atoms with Crippen molar-refractivity contribution in [1.29, 1.82) is 0 Å². The van der Waals surface area contributed by atoms with Crippen LogP contribution in [0, 0.1) is 0 Å². The van der Waals surface area contributed by atoms with E-state index >= 15 is 0 Å². The van der Waals surface area contributed by atoms with Crippen LogP contribution in [0.3, 0.4) is 0 Å². The average molecular weight is 377 g/mol. The molecule has 0 heterocycles. The molecule has 3 aromatic rings. The van der Waals surface area contributed by atoms with Crippen LogP contribution in [0.5, 0.6) is 17.2 Å². The Morgan fingerprint density at radius 3 is 2.36 bits per heavy atom. The van der Waals surface area contributed by atoms with Gasteiger partial charge < -0.3 is 19.5 Å². The van der Waals surface area contributed by atoms with Gasteiger partial charge in [0.25, 0.3) is 5.91 Å². The zero-order chi connectivity index (χ0) is 19.8. The lowest BCUT2D eigenvalue weighted by molar-refractivity contribution is -0.118. The van der Waals surface area contributed by atoms with Gasteiger partial charge in [-0.05, 0) is 29.3 Å². The molecule has 5 heteroatoms. The smallest absolute Gasteiger partial charge is 0.262 e. The Bertz CT molecular complexity index is 925. The summed E-state index contributed by atoms with van der Waals surface area (Å²) in [5.41, 5.74) is 2.78. The molecule has 0 bridgehead atoms. The third-order valence-electron chi connectivity index (χ3n) is 4.25. The van der Waals surface area contributed by atoms with Crippen LogP contribution in [0.15, 0.2) is 72.8 Å². The minimum absolute atomic E-state index is 0.0962. The molecular weight excluding hydrogens is 354 g/mol. The Kier molecular flexibility index (Phi) is 6.52. The van der Waals surface area contributed by atoms with Crippen molar-refractivity contribution in [2.45, 2.75) is 6.42 Å². The molecule has 0 aliphatic rings. The van der Waals surface area contributed by atoms with Gasteiger partial charge in [-0.1, -0.05) is 48.5 Å². The predicted octanol–water partition coefficient (Wildman–Crippen LogP) is 4.31. The quantitative estimate of drug-likeness (QED) is 0.635. The number of rotatable bonds is 8. The lowest BCUT2D eigenvalue weighted by Gasteiger charge is -2.13. The molecule has 144 valence electrons. The molecule has 0 spiro atoms. The minimum Gasteiger partial charge on any atom is -0.497 e. The molecule has 0 atom stereocenters. The van der Waals surface area contributed by atoms with Crippen molar-refractivity contribution < 1.29 is 19.0 Å². The van der Waals surface area contributed by atoms with Crippen LogP contribution in [0.2, 0.25) is 0 Å². The predicted molar refractivity (Wildman–Crippen MR) is 109 cm³/mol. The Morgan fingerprint density at radius 1 is 0.857 bits per heavy atom. The van der Waals surface area contributed by atoms with Crippen molar-refractivity contribution >= 4 is 11.6 Å². The lowest BCUT2D eigenvalue weighted by Crippen LogP contribution is -2.21. The first-order valence-corrected chi connectivity index (χ1v) is 8.96. The number of ether oxygens (including phenoxy) is 3. The van der Waals surface area contributed by atoms with E-state index in [2.05, 4.69) is 17.4 Å². The second-order valence-electron chi connectivity index (χ2n) is 6.17. The van der Waals surface area contributed by atoms with E-state index in [1.807, 2.05) is 42.5 Å². The number of amides is 1. The number of benzene rings is 3. The van der Waals surface area contributed by atoms with Gasteiger partial charge in [0.2, 0.25) is 0 Å². The molecule has 0 saturated carbocycles. The van der Waals surface area contributed by atoms with E-state index in [-0.39, 0.29) is 12.5 Å². The van der Waals surface area contributed by atoms with Gasteiger partial charge in [0, 0.05) is 12.5 Å². The summed E-state index contributed by atoms with van der Waals surface area (Å²) in [7, 11) is 3.12. The first kappa shape index (κ1) is 19.3. The molecule has 3 rings (SSSR count). The van der Waals surface area contributed by atoms with E-state index in [4.69, 9.17) is 14.2 Å². The summed E-state index contributed by atoms with van der Waals surface area (Å²) in [6.07, 6.45) is 0.741. The van der Waals surface area contributed by atoms with Gasteiger partial charge in [-0.15, -0.1) is 0 Å². The molecule has 1 amide bonds. The second-order valence-corrected chi connectivity index (χ2v) is 6.17. The lowest BCUT2D eigenvalue weighted by atomic mass is 10.0. The van der Waals surface area contributed by atoms with Crippen LogP contribution < -0.4 is 19.5 Å². The highest BCUT2D eigenvalue weighted by molar-refractivity contribution is 5.93. The number of anilines is 1. The van der Waals surface area contributed by atoms with Crippen molar-refractivity contribution in [3.63, 3.8) is 0 Å². The van der Waals surface area contributed by atoms with Crippen molar-refractivity contribution in [3.05, 3.63) is 83.9 Å². The number of hydrogen-bond donors (Lipinski definition) is 1. The second kappa shape index (κ2) is 9.46. The molecule has 0 aromatic heterocycles. The molecule has 1 N–H and O–H groups in total. The molecule has 3 aromatic carbocycles. The number of para-hydroxylation sites is 1. The highest BCUT2D eigenvalue weighted by atomic mass is 16.5. The maximum absolute atomic E-state index is 12.4. The summed E-state index contributed by atoms with van der Waals surface area (Å²) < 4.78 is 16.3. The number of carbonyl (C=O) groups excluding carboxylic acids is 1. The fourth-order valence-electron chi connectivity index (χ4n) is 2.84. The summed E-state index contributed by atoms with van der Waals surface area (Å²) in [4.78, 5) is 12.4. The topological polar surface area (TPSA) is 56.8 Å². The zero-order valence-electron chi connectivity index (χ0n) is 16.0. The SMILES string of the molecule is COc1ccc(NC(=O)COc2ccccc2Cc2ccccc2)c(OC)c1. The zero-order valence-corrected chi connectivity index (χ0v) is 16.0. The third kappa shape index (κ3) is 5.04. The number of carbonyl (C=O) groups is 1. The summed E-state index contributed by atoms with van der Waals surface area (Å²) in [6, 6.07) is 23.1. The van der Waals surface area contributed by atoms with E-state index < -0.39 is 0 Å². The monoisotopic (exact) mass is 377 g/mol. The van der Waals surface area contributed by atoms with E-state index in [0.717, 1.165) is 12.0 Å². The molecule has 0 aliphatic carbocycles. The van der Waals surface area contributed by atoms with Crippen LogP contribution in [0.4, 0.5) is 5.69 Å². The first-order chi connectivity index (χ1) is 13.7. The number of nitrogens with one attached hydrogen (secondary N) is 1. The molecule has 0 unspecified atom stereocenters. The van der Waals surface area contributed by atoms with Crippen LogP contribution in [-0.4, -0.2) is 26.7 Å². The van der Waals surface area contributed by atoms with Gasteiger partial charge in [0.05, 0.1) is 19.9 Å². The average Bonchev–Trinajstić information content (AvgIpc) is 2.74. The standard InChI is InChI=1S/C23H23NO4/c1-26-19-12-13-20(22(15-19)27-2)24-23(25)16-28-21-11-7-6-10-18(21)14-17-8-4-3-5-9-17/h3-13,15H,14,16H2,1-2H3,(H,24,25). The van der Waals surface area contributed by atoms with Gasteiger partial charge in [-0.25, -0.2) is 0 Å². The molecule has 0 radical (unpaired) electrons. The summed E-state index contributed by atoms with van der Waals surface area (Å²) >= 11 is 0. The Hall–Kier alpha value is -3.47. The fraction of sp³-hybridized carbons (Fsp3) is 0.174. The number of methoxy groups -OCH3 is 2. The van der Waals surface area contributed by atoms with Gasteiger partial charge in [-0.2, -0.15) is 0 Å². The van der Waals surface area contributed by atoms with Gasteiger partial charge in [-0.3, -0.25) is 4.79 Å². The molecule has 0 saturated heterocycles. The van der Waals surface area contributed by atoms with Crippen LogP contribution in [-0.2, 0) is 11.2 Å². The van der Waals surface area contributed by atoms with Gasteiger partial charge in [0.15, 0.2) is 6.61 Å². The van der Waals surface area contributed by atoms with Crippen molar-refractivity contribution in [1.82, 2.24) is 0 Å². The molecule has 5 nitrogen and oxygen atoms in total. The van der Waals surface area contributed by atoms with Gasteiger partial charge >= 0.3 is 0 Å². The van der Waals surface area contributed by atoms with E-state index in [1.54, 1.807) is 32.4 Å². The highest BCUT2D eigenvalue weighted by Gasteiger charge is 2.11. The van der Waals surface area contributed by atoms with Crippen LogP contribution >= 0.6 is 0 Å². The van der Waals surface area contributed by atoms with Crippen molar-refractivity contribution in [2.75, 3.05) is 26.1 Å². The third-order valence-corrected chi connectivity index (χ3v) is 4.25. The Balaban J connectivity index is 1.64. The first-order valence-electron chi connectivity index (χ1n) is 8.96. The minimum atomic E-state index is -0.266. The summed E-state index contributed by atoms with van der Waals surface area (Å²) in [6.45, 7) is -0.0962. The molecule has 0 aliphatic heterocycles. The largest absolute Gasteiger partial charge is 0.497 e. The van der Waals surface area contributed by atoms with E-state index in [9.17, 15) is 4.79 Å². The summed E-state index contributed by atoms with van der Waals surface area (Å²) in [5.74, 6) is 1.61. The Morgan fingerprint density at radius 2 is 1.61 bits per heavy atom. The van der Waals surface area contributed by atoms with Crippen LogP contribution in [0.25, 0.3) is 0 Å². The van der Waals surface area contributed by atoms with Crippen molar-refractivity contribution in [3.8, 4) is 17.2 Å². The highest BCUT2D eigenvalue weighted by Crippen LogP contribution is 2.29. The van der Waals surface area contributed by atoms with Crippen LogP contribution in [0.1, 0.15) is 11.1 Å². The fourth-order valence-corrected chi connectivity index (χ4v) is 2.84. The maximum Gasteiger partial charge on any atom is 0.262 e. The molecule has 0 fully saturated rings. The van der Waals surface area contributed by atoms with Gasteiger partial charge in [0.1, 0.15) is 17.2 Å². The summed E-state index contributed by atoms with van der Waals surface area (Å²) in [5, 5.41) is 2.81. The van der Waals surface area contributed by atoms with Crippen molar-refractivity contribution in [2.24, 2.45) is 0 Å². The van der Waals surface area contributed by atoms with E-state index in [0.29, 0.717) is 22.9 Å². The Labute approximate surface area is 164 Å². The number of hydrogen-bond acceptors (Lipinski definition) is 4. The molecule has 28 heavy (non-hydrogen) atoms. The van der Waals surface area contributed by atoms with E-state index in [1.165, 1.54) is 5.56 Å². The maximum atomic E-state index is 12.4. The normalized spacial score (nSPS) is 10.2. The molecular formula is C23H23NO4.